The van der Waals surface area contributed by atoms with Crippen LogP contribution in [0.5, 0.6) is 0 Å². The van der Waals surface area contributed by atoms with Gasteiger partial charge in [-0.1, -0.05) is 236 Å². The molecule has 0 atom stereocenters. The van der Waals surface area contributed by atoms with Crippen LogP contribution in [0.4, 0.5) is 0 Å². The van der Waals surface area contributed by atoms with Gasteiger partial charge in [0.25, 0.3) is 0 Å². The minimum Gasteiger partial charge on any atom is -1.00 e. The van der Waals surface area contributed by atoms with Crippen LogP contribution in [0.3, 0.4) is 0 Å². The maximum Gasteiger partial charge on any atom is 3.00 e. The number of hydrogen-bond acceptors (Lipinski definition) is 0. The first kappa shape index (κ1) is 49.6. The van der Waals surface area contributed by atoms with Crippen LogP contribution in [0.15, 0.2) is 194 Å². The van der Waals surface area contributed by atoms with Crippen molar-refractivity contribution in [3.63, 3.8) is 0 Å². The fourth-order valence-corrected chi connectivity index (χ4v) is 12.9. The Hall–Kier alpha value is -4.44. The molecule has 0 saturated heterocycles. The van der Waals surface area contributed by atoms with Gasteiger partial charge in [-0.15, -0.1) is 0 Å². The molecule has 0 amide bonds. The second-order valence-corrected chi connectivity index (χ2v) is 20.8. The van der Waals surface area contributed by atoms with E-state index in [1.807, 2.05) is 0 Å². The second kappa shape index (κ2) is 22.5. The van der Waals surface area contributed by atoms with Crippen molar-refractivity contribution < 1.29 is 44.3 Å². The normalized spacial score (nSPS) is 10.8. The molecule has 0 bridgehead atoms. The predicted molar refractivity (Wildman–Crippen MR) is 269 cm³/mol. The summed E-state index contributed by atoms with van der Waals surface area (Å²) in [7, 11) is -1.77. The summed E-state index contributed by atoms with van der Waals surface area (Å²) < 4.78 is 0. The molecule has 0 aliphatic heterocycles. The van der Waals surface area contributed by atoms with Crippen LogP contribution < -0.4 is 56.6 Å². The van der Waals surface area contributed by atoms with E-state index in [1.54, 1.807) is 0 Å². The summed E-state index contributed by atoms with van der Waals surface area (Å²) in [6, 6.07) is 73.3. The van der Waals surface area contributed by atoms with Crippen molar-refractivity contribution in [3.8, 4) is 11.1 Å². The van der Waals surface area contributed by atoms with Crippen LogP contribution in [0.2, 0.25) is 0 Å². The van der Waals surface area contributed by atoms with Gasteiger partial charge in [-0.05, 0) is 126 Å². The maximum atomic E-state index is 2.44. The van der Waals surface area contributed by atoms with Crippen LogP contribution in [-0.4, -0.2) is 0 Å². The van der Waals surface area contributed by atoms with Crippen LogP contribution in [0.1, 0.15) is 53.1 Å². The molecule has 0 aromatic heterocycles. The van der Waals surface area contributed by atoms with Gasteiger partial charge in [0.2, 0.25) is 0 Å². The first-order valence-electron chi connectivity index (χ1n) is 21.1. The summed E-state index contributed by atoms with van der Waals surface area (Å²) >= 11 is 0. The van der Waals surface area contributed by atoms with Crippen molar-refractivity contribution in [3.05, 3.63) is 228 Å². The number of fused-ring (bicyclic) bond motifs is 2. The van der Waals surface area contributed by atoms with Crippen LogP contribution in [-0.2, 0) is 19.5 Å². The van der Waals surface area contributed by atoms with Crippen molar-refractivity contribution >= 4 is 69.2 Å². The van der Waals surface area contributed by atoms with Gasteiger partial charge in [0.1, 0.15) is 0 Å². The summed E-state index contributed by atoms with van der Waals surface area (Å²) in [6.07, 6.45) is 0. The monoisotopic (exact) mass is 984 g/mol. The number of benzene rings is 9. The van der Waals surface area contributed by atoms with Gasteiger partial charge in [0, 0.05) is 0 Å². The molecule has 0 aliphatic carbocycles. The van der Waals surface area contributed by atoms with Crippen LogP contribution >= 0.6 is 15.8 Å². The van der Waals surface area contributed by atoms with Crippen molar-refractivity contribution in [2.45, 2.75) is 54.4 Å². The van der Waals surface area contributed by atoms with E-state index in [2.05, 4.69) is 243 Å². The molecule has 0 aliphatic rings. The van der Waals surface area contributed by atoms with E-state index in [4.69, 9.17) is 0 Å². The molecule has 0 spiro atoms. The zero-order valence-electron chi connectivity index (χ0n) is 37.1. The topological polar surface area (TPSA) is 0 Å². The molecule has 317 valence electrons. The Morgan fingerprint density at radius 2 is 0.587 bits per heavy atom. The van der Waals surface area contributed by atoms with E-state index < -0.39 is 15.8 Å². The first-order valence-corrected chi connectivity index (χ1v) is 23.8. The van der Waals surface area contributed by atoms with E-state index in [0.29, 0.717) is 5.92 Å². The van der Waals surface area contributed by atoms with Gasteiger partial charge in [0.15, 0.2) is 0 Å². The summed E-state index contributed by atoms with van der Waals surface area (Å²) in [5.41, 5.74) is 10.6. The van der Waals surface area contributed by atoms with E-state index >= 15 is 0 Å². The van der Waals surface area contributed by atoms with E-state index in [1.165, 1.54) is 97.9 Å². The number of aryl methyl sites for hydroxylation is 5. The van der Waals surface area contributed by atoms with Gasteiger partial charge in [-0.2, -0.15) is 0 Å². The first-order chi connectivity index (χ1) is 29.1. The minimum absolute atomic E-state index is 0. The molecule has 9 aromatic rings. The Balaban J connectivity index is 0.000000511. The van der Waals surface area contributed by atoms with Gasteiger partial charge in [0.05, 0.1) is 0 Å². The third-order valence-corrected chi connectivity index (χ3v) is 16.4. The standard InChI is InChI=1S/C48H40P2.C10H14.2ClH.Ru/c1-33-13-23-39(24-14-33)49(40-25-15-34(2)16-26-40)45-31-21-37-9-5-7-11-43(37)47(45)48-44-12-8-6-10-38(44)22-32-46(48)50(41-27-17-35(3)18-28-41)42-29-19-36(4)20-30-42;1-8(2)10-6-4-9(3)5-7-10;;;/h5-32H,1-4H3;4-8H,1-3H3;2*1H;/q;;;;+3/p-2. The maximum absolute atomic E-state index is 2.44. The van der Waals surface area contributed by atoms with Gasteiger partial charge in [-0.3, -0.25) is 0 Å². The molecular formula is C58H54Cl2P2Ru+. The fraction of sp³-hybridized carbons (Fsp3) is 0.138. The number of rotatable bonds is 8. The number of halogens is 2. The molecule has 0 heterocycles. The quantitative estimate of drug-likeness (QED) is 0.109. The molecule has 0 N–H and O–H groups in total. The Morgan fingerprint density at radius 1 is 0.317 bits per heavy atom. The average molecular weight is 985 g/mol. The molecule has 63 heavy (non-hydrogen) atoms. The smallest absolute Gasteiger partial charge is 1.00 e. The molecule has 9 aromatic carbocycles. The van der Waals surface area contributed by atoms with Crippen LogP contribution in [0, 0.1) is 34.6 Å². The summed E-state index contributed by atoms with van der Waals surface area (Å²) in [5, 5.41) is 13.4. The SMILES string of the molecule is Cc1ccc(C(C)C)cc1.Cc1ccc(P(c2ccc(C)cc2)c2ccc3ccccc3c2-c2c(P(c3ccc(C)cc3)c3ccc(C)cc3)ccc3ccccc23)cc1.[Cl-].[Cl-].[Ru+3]. The van der Waals surface area contributed by atoms with Gasteiger partial charge >= 0.3 is 19.5 Å². The Bertz CT molecular complexity index is 2600. The summed E-state index contributed by atoms with van der Waals surface area (Å²) in [4.78, 5) is 0. The Morgan fingerprint density at radius 3 is 0.873 bits per heavy atom. The van der Waals surface area contributed by atoms with Crippen molar-refractivity contribution in [2.75, 3.05) is 0 Å². The Labute approximate surface area is 403 Å². The molecule has 5 heteroatoms. The fourth-order valence-electron chi connectivity index (χ4n) is 8.00. The predicted octanol–water partition coefficient (Wildman–Crippen LogP) is 7.53. The van der Waals surface area contributed by atoms with E-state index in [-0.39, 0.29) is 44.3 Å². The van der Waals surface area contributed by atoms with Crippen LogP contribution in [0.25, 0.3) is 32.7 Å². The third-order valence-electron chi connectivity index (χ3n) is 11.5. The average Bonchev–Trinajstić information content (AvgIpc) is 3.27. The molecule has 0 saturated carbocycles. The van der Waals surface area contributed by atoms with Gasteiger partial charge < -0.3 is 24.8 Å². The largest absolute Gasteiger partial charge is 3.00 e. The zero-order valence-corrected chi connectivity index (χ0v) is 42.1. The van der Waals surface area contributed by atoms with Crippen molar-refractivity contribution in [1.82, 2.24) is 0 Å². The second-order valence-electron chi connectivity index (χ2n) is 16.4. The molecular weight excluding hydrogens is 931 g/mol. The minimum atomic E-state index is -0.885. The van der Waals surface area contributed by atoms with Gasteiger partial charge in [-0.25, -0.2) is 0 Å². The van der Waals surface area contributed by atoms with Crippen molar-refractivity contribution in [2.24, 2.45) is 0 Å². The van der Waals surface area contributed by atoms with Crippen molar-refractivity contribution in [1.29, 1.82) is 0 Å². The van der Waals surface area contributed by atoms with E-state index in [9.17, 15) is 0 Å². The summed E-state index contributed by atoms with van der Waals surface area (Å²) in [5.74, 6) is 0.653. The Kier molecular flexibility index (Phi) is 17.7. The molecule has 1 radical (unpaired) electrons. The molecule has 0 nitrogen and oxygen atoms in total. The zero-order chi connectivity index (χ0) is 41.8. The summed E-state index contributed by atoms with van der Waals surface area (Å²) in [6.45, 7) is 15.3. The third kappa shape index (κ3) is 11.3. The van der Waals surface area contributed by atoms with E-state index in [0.717, 1.165) is 0 Å². The molecule has 9 rings (SSSR count). The number of hydrogen-bond donors (Lipinski definition) is 0. The molecule has 0 fully saturated rings. The molecule has 0 unspecified atom stereocenters.